The summed E-state index contributed by atoms with van der Waals surface area (Å²) in [6, 6.07) is 11.6. The Balaban J connectivity index is 2.21. The summed E-state index contributed by atoms with van der Waals surface area (Å²) in [6.45, 7) is 0. The van der Waals surface area contributed by atoms with Gasteiger partial charge in [-0.25, -0.2) is 4.39 Å². The van der Waals surface area contributed by atoms with Crippen molar-refractivity contribution in [1.82, 2.24) is 0 Å². The minimum atomic E-state index is -0.809. The van der Waals surface area contributed by atoms with Gasteiger partial charge in [0.15, 0.2) is 0 Å². The summed E-state index contributed by atoms with van der Waals surface area (Å²) in [5.41, 5.74) is 1.04. The van der Waals surface area contributed by atoms with Crippen molar-refractivity contribution in [3.63, 3.8) is 0 Å². The van der Waals surface area contributed by atoms with Gasteiger partial charge in [-0.3, -0.25) is 0 Å². The summed E-state index contributed by atoms with van der Waals surface area (Å²) in [5, 5.41) is 10.6. The highest BCUT2D eigenvalue weighted by Crippen LogP contribution is 2.25. The maximum absolute atomic E-state index is 13.7. The second kappa shape index (κ2) is 5.70. The standard InChI is InChI=1S/C14H11Cl2FO/c15-11-5-1-3-9(7-11)13(18)8-10-4-2-6-12(16)14(10)17/h1-7,13,18H,8H2. The maximum Gasteiger partial charge on any atom is 0.145 e. The molecule has 1 unspecified atom stereocenters. The smallest absolute Gasteiger partial charge is 0.145 e. The fraction of sp³-hybridized carbons (Fsp3) is 0.143. The van der Waals surface area contributed by atoms with E-state index >= 15 is 0 Å². The minimum absolute atomic E-state index is 0.0609. The Kier molecular flexibility index (Phi) is 4.23. The van der Waals surface area contributed by atoms with Crippen molar-refractivity contribution in [1.29, 1.82) is 0 Å². The van der Waals surface area contributed by atoms with Crippen LogP contribution in [0.1, 0.15) is 17.2 Å². The van der Waals surface area contributed by atoms with E-state index in [1.54, 1.807) is 36.4 Å². The molecule has 0 radical (unpaired) electrons. The first-order valence-electron chi connectivity index (χ1n) is 5.44. The molecule has 1 atom stereocenters. The van der Waals surface area contributed by atoms with Crippen LogP contribution in [-0.4, -0.2) is 5.11 Å². The molecule has 2 rings (SSSR count). The second-order valence-corrected chi connectivity index (χ2v) is 4.83. The Hall–Kier alpha value is -1.09. The molecule has 0 saturated heterocycles. The van der Waals surface area contributed by atoms with Gasteiger partial charge in [0.2, 0.25) is 0 Å². The molecule has 94 valence electrons. The maximum atomic E-state index is 13.7. The summed E-state index contributed by atoms with van der Waals surface area (Å²) in [5.74, 6) is -0.486. The van der Waals surface area contributed by atoms with Gasteiger partial charge in [-0.2, -0.15) is 0 Å². The minimum Gasteiger partial charge on any atom is -0.388 e. The van der Waals surface area contributed by atoms with Crippen molar-refractivity contribution in [2.45, 2.75) is 12.5 Å². The lowest BCUT2D eigenvalue weighted by atomic mass is 10.0. The van der Waals surface area contributed by atoms with Crippen LogP contribution in [0.4, 0.5) is 4.39 Å². The van der Waals surface area contributed by atoms with Gasteiger partial charge in [-0.1, -0.05) is 47.5 Å². The average molecular weight is 285 g/mol. The van der Waals surface area contributed by atoms with Crippen LogP contribution in [-0.2, 0) is 6.42 Å². The molecule has 0 aliphatic heterocycles. The van der Waals surface area contributed by atoms with Gasteiger partial charge in [0.1, 0.15) is 5.82 Å². The Morgan fingerprint density at radius 2 is 1.83 bits per heavy atom. The predicted octanol–water partition coefficient (Wildman–Crippen LogP) is 4.41. The van der Waals surface area contributed by atoms with E-state index in [4.69, 9.17) is 23.2 Å². The van der Waals surface area contributed by atoms with E-state index in [2.05, 4.69) is 0 Å². The van der Waals surface area contributed by atoms with Crippen molar-refractivity contribution < 1.29 is 9.50 Å². The fourth-order valence-corrected chi connectivity index (χ4v) is 2.14. The lowest BCUT2D eigenvalue weighted by Gasteiger charge is -2.12. The molecule has 1 N–H and O–H groups in total. The van der Waals surface area contributed by atoms with Crippen LogP contribution in [0.25, 0.3) is 0 Å². The number of hydrogen-bond acceptors (Lipinski definition) is 1. The Labute approximate surface area is 115 Å². The second-order valence-electron chi connectivity index (χ2n) is 3.99. The third-order valence-corrected chi connectivity index (χ3v) is 3.21. The molecule has 0 amide bonds. The van der Waals surface area contributed by atoms with Gasteiger partial charge in [0, 0.05) is 11.4 Å². The van der Waals surface area contributed by atoms with Gasteiger partial charge in [0.05, 0.1) is 11.1 Å². The SMILES string of the molecule is OC(Cc1cccc(Cl)c1F)c1cccc(Cl)c1. The molecule has 0 heterocycles. The van der Waals surface area contributed by atoms with Gasteiger partial charge in [-0.15, -0.1) is 0 Å². The summed E-state index contributed by atoms with van der Waals surface area (Å²) in [4.78, 5) is 0. The lowest BCUT2D eigenvalue weighted by molar-refractivity contribution is 0.177. The lowest BCUT2D eigenvalue weighted by Crippen LogP contribution is -2.03. The molecule has 1 nitrogen and oxygen atoms in total. The van der Waals surface area contributed by atoms with Crippen LogP contribution >= 0.6 is 23.2 Å². The normalized spacial score (nSPS) is 12.4. The number of benzene rings is 2. The molecule has 2 aromatic carbocycles. The Morgan fingerprint density at radius 3 is 2.56 bits per heavy atom. The van der Waals surface area contributed by atoms with Crippen molar-refractivity contribution in [3.8, 4) is 0 Å². The fourth-order valence-electron chi connectivity index (χ4n) is 1.75. The predicted molar refractivity (Wildman–Crippen MR) is 71.5 cm³/mol. The van der Waals surface area contributed by atoms with Crippen molar-refractivity contribution in [3.05, 3.63) is 69.5 Å². The molecule has 0 saturated carbocycles. The largest absolute Gasteiger partial charge is 0.388 e. The van der Waals surface area contributed by atoms with E-state index in [1.165, 1.54) is 6.07 Å². The van der Waals surface area contributed by atoms with E-state index in [0.717, 1.165) is 0 Å². The molecule has 0 aromatic heterocycles. The van der Waals surface area contributed by atoms with Crippen LogP contribution in [0.3, 0.4) is 0 Å². The summed E-state index contributed by atoms with van der Waals surface area (Å²) >= 11 is 11.5. The molecule has 2 aromatic rings. The Morgan fingerprint density at radius 1 is 1.11 bits per heavy atom. The highest BCUT2D eigenvalue weighted by molar-refractivity contribution is 6.31. The molecule has 18 heavy (non-hydrogen) atoms. The van der Waals surface area contributed by atoms with Gasteiger partial charge >= 0.3 is 0 Å². The number of rotatable bonds is 3. The third-order valence-electron chi connectivity index (χ3n) is 2.68. The van der Waals surface area contributed by atoms with Crippen LogP contribution in [0.5, 0.6) is 0 Å². The number of halogens is 3. The molecular weight excluding hydrogens is 274 g/mol. The molecular formula is C14H11Cl2FO. The van der Waals surface area contributed by atoms with Gasteiger partial charge in [0.25, 0.3) is 0 Å². The summed E-state index contributed by atoms with van der Waals surface area (Å²) in [7, 11) is 0. The van der Waals surface area contributed by atoms with E-state index in [-0.39, 0.29) is 11.4 Å². The summed E-state index contributed by atoms with van der Waals surface area (Å²) < 4.78 is 13.7. The van der Waals surface area contributed by atoms with Crippen molar-refractivity contribution >= 4 is 23.2 Å². The first-order valence-corrected chi connectivity index (χ1v) is 6.20. The molecule has 0 aliphatic carbocycles. The van der Waals surface area contributed by atoms with Crippen LogP contribution in [0.2, 0.25) is 10.0 Å². The van der Waals surface area contributed by atoms with Crippen LogP contribution < -0.4 is 0 Å². The molecule has 4 heteroatoms. The van der Waals surface area contributed by atoms with E-state index in [1.807, 2.05) is 0 Å². The van der Waals surface area contributed by atoms with E-state index in [9.17, 15) is 9.50 Å². The molecule has 0 aliphatic rings. The highest BCUT2D eigenvalue weighted by Gasteiger charge is 2.13. The van der Waals surface area contributed by atoms with Crippen LogP contribution in [0.15, 0.2) is 42.5 Å². The van der Waals surface area contributed by atoms with Crippen molar-refractivity contribution in [2.24, 2.45) is 0 Å². The molecule has 0 fully saturated rings. The third kappa shape index (κ3) is 3.02. The number of hydrogen-bond donors (Lipinski definition) is 1. The van der Waals surface area contributed by atoms with Crippen molar-refractivity contribution in [2.75, 3.05) is 0 Å². The first kappa shape index (κ1) is 13.3. The quantitative estimate of drug-likeness (QED) is 0.885. The Bertz CT molecular complexity index is 557. The van der Waals surface area contributed by atoms with Crippen LogP contribution in [0, 0.1) is 5.82 Å². The highest BCUT2D eigenvalue weighted by atomic mass is 35.5. The summed E-state index contributed by atoms with van der Waals surface area (Å²) in [6.07, 6.45) is -0.649. The molecule has 0 bridgehead atoms. The first-order chi connectivity index (χ1) is 8.58. The average Bonchev–Trinajstić information content (AvgIpc) is 2.35. The topological polar surface area (TPSA) is 20.2 Å². The van der Waals surface area contributed by atoms with Gasteiger partial charge < -0.3 is 5.11 Å². The number of aliphatic hydroxyl groups excluding tert-OH is 1. The van der Waals surface area contributed by atoms with E-state index in [0.29, 0.717) is 16.1 Å². The molecule has 0 spiro atoms. The zero-order chi connectivity index (χ0) is 13.1. The van der Waals surface area contributed by atoms with Gasteiger partial charge in [-0.05, 0) is 29.3 Å². The monoisotopic (exact) mass is 284 g/mol. The number of aliphatic hydroxyl groups is 1. The van der Waals surface area contributed by atoms with E-state index < -0.39 is 11.9 Å². The zero-order valence-electron chi connectivity index (χ0n) is 9.41. The zero-order valence-corrected chi connectivity index (χ0v) is 10.9.